The highest BCUT2D eigenvalue weighted by Gasteiger charge is 2.33. The Morgan fingerprint density at radius 1 is 1.08 bits per heavy atom. The standard InChI is InChI=1S/C28H27F4N5O2/c1-15-8-21-22(27(38)35(15)3)10-25(34-26(21)20-7-4-18(9-23(20)29)28(30,31)32)36-12-16(2)39-24(14-36)17-11-33-37(13-17)19-5-6-19/h4,7-11,13,16,19,24H,5-6,12,14H2,1-3H3/t16-,24-/m1/s1. The zero-order valence-corrected chi connectivity index (χ0v) is 21.7. The Hall–Kier alpha value is -3.73. The van der Waals surface area contributed by atoms with Crippen LogP contribution in [0.1, 0.15) is 48.7 Å². The van der Waals surface area contributed by atoms with Crippen LogP contribution >= 0.6 is 0 Å². The maximum Gasteiger partial charge on any atom is 0.416 e. The molecule has 2 atom stereocenters. The maximum atomic E-state index is 15.2. The average Bonchev–Trinajstić information content (AvgIpc) is 3.62. The number of morpholine rings is 1. The molecule has 11 heteroatoms. The molecule has 1 saturated carbocycles. The van der Waals surface area contributed by atoms with Gasteiger partial charge in [0.2, 0.25) is 0 Å². The molecule has 7 nitrogen and oxygen atoms in total. The summed E-state index contributed by atoms with van der Waals surface area (Å²) in [6.45, 7) is 4.55. The number of rotatable bonds is 4. The van der Waals surface area contributed by atoms with E-state index >= 15 is 4.39 Å². The van der Waals surface area contributed by atoms with Gasteiger partial charge >= 0.3 is 6.18 Å². The van der Waals surface area contributed by atoms with Gasteiger partial charge in [-0.05, 0) is 57.0 Å². The van der Waals surface area contributed by atoms with E-state index in [2.05, 4.69) is 5.10 Å². The zero-order chi connectivity index (χ0) is 27.6. The van der Waals surface area contributed by atoms with Crippen molar-refractivity contribution >= 4 is 16.6 Å². The SMILES string of the molecule is Cc1cc2c(-c3ccc(C(F)(F)F)cc3F)nc(N3C[C@@H](C)O[C@@H](c4cnn(C5CC5)c4)C3)cc2c(=O)n1C. The second-order valence-corrected chi connectivity index (χ2v) is 10.5. The lowest BCUT2D eigenvalue weighted by atomic mass is 10.0. The van der Waals surface area contributed by atoms with Crippen LogP contribution in [0.4, 0.5) is 23.4 Å². The fraction of sp³-hybridized carbons (Fsp3) is 0.393. The van der Waals surface area contributed by atoms with E-state index in [4.69, 9.17) is 9.72 Å². The van der Waals surface area contributed by atoms with Gasteiger partial charge in [0.25, 0.3) is 5.56 Å². The fourth-order valence-electron chi connectivity index (χ4n) is 5.14. The summed E-state index contributed by atoms with van der Waals surface area (Å²) in [6.07, 6.45) is 0.836. The van der Waals surface area contributed by atoms with Gasteiger partial charge in [0.15, 0.2) is 0 Å². The Kier molecular flexibility index (Phi) is 6.01. The third kappa shape index (κ3) is 4.69. The highest BCUT2D eigenvalue weighted by Crippen LogP contribution is 2.38. The zero-order valence-electron chi connectivity index (χ0n) is 21.7. The number of alkyl halides is 3. The summed E-state index contributed by atoms with van der Waals surface area (Å²) >= 11 is 0. The summed E-state index contributed by atoms with van der Waals surface area (Å²) in [4.78, 5) is 20.0. The summed E-state index contributed by atoms with van der Waals surface area (Å²) in [7, 11) is 1.64. The number of fused-ring (bicyclic) bond motifs is 1. The number of pyridine rings is 2. The molecule has 1 aliphatic carbocycles. The summed E-state index contributed by atoms with van der Waals surface area (Å²) in [5.41, 5.74) is 0.166. The first-order valence-electron chi connectivity index (χ1n) is 12.8. The third-order valence-corrected chi connectivity index (χ3v) is 7.51. The van der Waals surface area contributed by atoms with E-state index in [1.165, 1.54) is 4.57 Å². The first-order valence-corrected chi connectivity index (χ1v) is 12.8. The molecule has 0 N–H and O–H groups in total. The average molecular weight is 542 g/mol. The molecule has 0 radical (unpaired) electrons. The summed E-state index contributed by atoms with van der Waals surface area (Å²) in [6, 6.07) is 6.18. The molecule has 3 aromatic heterocycles. The molecule has 0 amide bonds. The Bertz CT molecular complexity index is 1640. The van der Waals surface area contributed by atoms with Crippen LogP contribution in [0.2, 0.25) is 0 Å². The van der Waals surface area contributed by atoms with Crippen LogP contribution in [0.3, 0.4) is 0 Å². The van der Waals surface area contributed by atoms with E-state index in [1.54, 1.807) is 32.3 Å². The molecule has 1 saturated heterocycles. The Morgan fingerprint density at radius 3 is 2.54 bits per heavy atom. The number of aromatic nitrogens is 4. The van der Waals surface area contributed by atoms with Crippen molar-refractivity contribution in [2.45, 2.75) is 51.1 Å². The molecule has 4 aromatic rings. The van der Waals surface area contributed by atoms with Crippen LogP contribution in [-0.4, -0.2) is 38.5 Å². The number of benzene rings is 1. The smallest absolute Gasteiger partial charge is 0.367 e. The van der Waals surface area contributed by atoms with Gasteiger partial charge in [0.1, 0.15) is 17.7 Å². The highest BCUT2D eigenvalue weighted by molar-refractivity contribution is 5.96. The van der Waals surface area contributed by atoms with Crippen LogP contribution in [-0.2, 0) is 18.0 Å². The van der Waals surface area contributed by atoms with Crippen LogP contribution in [0.25, 0.3) is 22.0 Å². The lowest BCUT2D eigenvalue weighted by molar-refractivity contribution is -0.137. The second-order valence-electron chi connectivity index (χ2n) is 10.5. The predicted octanol–water partition coefficient (Wildman–Crippen LogP) is 5.56. The molecule has 6 rings (SSSR count). The van der Waals surface area contributed by atoms with Gasteiger partial charge in [0.05, 0.1) is 41.5 Å². The van der Waals surface area contributed by atoms with Gasteiger partial charge < -0.3 is 14.2 Å². The Labute approximate surface area is 221 Å². The molecule has 2 aliphatic rings. The Balaban J connectivity index is 1.47. The van der Waals surface area contributed by atoms with Crippen molar-refractivity contribution in [3.8, 4) is 11.3 Å². The van der Waals surface area contributed by atoms with Crippen molar-refractivity contribution < 1.29 is 22.3 Å². The largest absolute Gasteiger partial charge is 0.416 e. The molecule has 0 spiro atoms. The van der Waals surface area contributed by atoms with E-state index < -0.39 is 17.6 Å². The van der Waals surface area contributed by atoms with Gasteiger partial charge in [-0.25, -0.2) is 9.37 Å². The van der Waals surface area contributed by atoms with Crippen molar-refractivity contribution in [2.24, 2.45) is 7.05 Å². The van der Waals surface area contributed by atoms with E-state index in [1.807, 2.05) is 22.7 Å². The molecule has 4 heterocycles. The van der Waals surface area contributed by atoms with E-state index in [0.29, 0.717) is 47.5 Å². The summed E-state index contributed by atoms with van der Waals surface area (Å²) in [5, 5.41) is 5.15. The minimum Gasteiger partial charge on any atom is -0.367 e. The van der Waals surface area contributed by atoms with Crippen LogP contribution in [0, 0.1) is 12.7 Å². The molecular formula is C28H27F4N5O2. The number of hydrogen-bond donors (Lipinski definition) is 0. The number of ether oxygens (including phenoxy) is 1. The molecule has 39 heavy (non-hydrogen) atoms. The van der Waals surface area contributed by atoms with Gasteiger partial charge in [-0.3, -0.25) is 9.48 Å². The van der Waals surface area contributed by atoms with Crippen LogP contribution in [0.15, 0.2) is 47.5 Å². The van der Waals surface area contributed by atoms with Crippen molar-refractivity contribution in [1.29, 1.82) is 0 Å². The van der Waals surface area contributed by atoms with Crippen molar-refractivity contribution in [3.63, 3.8) is 0 Å². The number of anilines is 1. The van der Waals surface area contributed by atoms with Crippen molar-refractivity contribution in [2.75, 3.05) is 18.0 Å². The van der Waals surface area contributed by atoms with E-state index in [0.717, 1.165) is 30.5 Å². The van der Waals surface area contributed by atoms with Crippen molar-refractivity contribution in [1.82, 2.24) is 19.3 Å². The van der Waals surface area contributed by atoms with Gasteiger partial charge in [-0.1, -0.05) is 0 Å². The number of halogens is 4. The molecule has 1 aromatic carbocycles. The predicted molar refractivity (Wildman–Crippen MR) is 138 cm³/mol. The lowest BCUT2D eigenvalue weighted by Gasteiger charge is -2.37. The van der Waals surface area contributed by atoms with E-state index in [-0.39, 0.29) is 29.0 Å². The van der Waals surface area contributed by atoms with Crippen LogP contribution < -0.4 is 10.5 Å². The summed E-state index contributed by atoms with van der Waals surface area (Å²) < 4.78 is 64.5. The quantitative estimate of drug-likeness (QED) is 0.317. The van der Waals surface area contributed by atoms with Gasteiger partial charge in [-0.15, -0.1) is 0 Å². The lowest BCUT2D eigenvalue weighted by Crippen LogP contribution is -2.43. The molecule has 0 unspecified atom stereocenters. The normalized spacial score (nSPS) is 20.1. The molecule has 1 aliphatic heterocycles. The topological polar surface area (TPSA) is 65.2 Å². The first kappa shape index (κ1) is 25.5. The van der Waals surface area contributed by atoms with Crippen molar-refractivity contribution in [3.05, 3.63) is 75.7 Å². The van der Waals surface area contributed by atoms with E-state index in [9.17, 15) is 18.0 Å². The maximum absolute atomic E-state index is 15.2. The second kappa shape index (κ2) is 9.18. The third-order valence-electron chi connectivity index (χ3n) is 7.51. The molecule has 204 valence electrons. The van der Waals surface area contributed by atoms with Gasteiger partial charge in [0, 0.05) is 42.0 Å². The first-order chi connectivity index (χ1) is 18.5. The van der Waals surface area contributed by atoms with Gasteiger partial charge in [-0.2, -0.15) is 18.3 Å². The molecule has 2 fully saturated rings. The monoisotopic (exact) mass is 541 g/mol. The van der Waals surface area contributed by atoms with Crippen LogP contribution in [0.5, 0.6) is 0 Å². The Morgan fingerprint density at radius 2 is 1.85 bits per heavy atom. The number of aryl methyl sites for hydroxylation is 1. The highest BCUT2D eigenvalue weighted by atomic mass is 19.4. The molecule has 0 bridgehead atoms. The summed E-state index contributed by atoms with van der Waals surface area (Å²) in [5.74, 6) is -0.637. The minimum atomic E-state index is -4.69. The minimum absolute atomic E-state index is 0.105. The molecular weight excluding hydrogens is 514 g/mol. The fourth-order valence-corrected chi connectivity index (χ4v) is 5.14. The number of nitrogens with zero attached hydrogens (tertiary/aromatic N) is 5. The number of hydrogen-bond acceptors (Lipinski definition) is 5.